The topological polar surface area (TPSA) is 73.6 Å². The number of nitrogens with zero attached hydrogens (tertiary/aromatic N) is 1. The monoisotopic (exact) mass is 346 g/mol. The van der Waals surface area contributed by atoms with E-state index in [-0.39, 0.29) is 13.3 Å². The number of hydrogen-bond donors (Lipinski definition) is 1. The molecule has 0 saturated heterocycles. The van der Waals surface area contributed by atoms with E-state index < -0.39 is 5.91 Å². The second-order valence-corrected chi connectivity index (χ2v) is 5.48. The molecule has 4 rings (SSSR count). The van der Waals surface area contributed by atoms with Crippen LogP contribution in [0.2, 0.25) is 0 Å². The molecule has 1 aliphatic rings. The second kappa shape index (κ2) is 7.03. The predicted octanol–water partition coefficient (Wildman–Crippen LogP) is 2.74. The van der Waals surface area contributed by atoms with Crippen molar-refractivity contribution in [2.24, 2.45) is 0 Å². The molecule has 26 heavy (non-hydrogen) atoms. The fourth-order valence-electron chi connectivity index (χ4n) is 2.43. The van der Waals surface area contributed by atoms with Crippen LogP contribution in [0, 0.1) is 11.8 Å². The smallest absolute Gasteiger partial charge is 0.296 e. The number of carbonyl (C=O) groups is 1. The summed E-state index contributed by atoms with van der Waals surface area (Å²) in [7, 11) is 0. The van der Waals surface area contributed by atoms with Crippen molar-refractivity contribution in [3.8, 4) is 34.7 Å². The molecule has 0 atom stereocenters. The van der Waals surface area contributed by atoms with Crippen molar-refractivity contribution in [2.45, 2.75) is 6.54 Å². The lowest BCUT2D eigenvalue weighted by atomic mass is 10.2. The van der Waals surface area contributed by atoms with Crippen LogP contribution < -0.4 is 14.8 Å². The van der Waals surface area contributed by atoms with Crippen LogP contribution in [0.3, 0.4) is 0 Å². The molecule has 0 saturated carbocycles. The van der Waals surface area contributed by atoms with Gasteiger partial charge in [-0.3, -0.25) is 4.79 Å². The SMILES string of the molecule is O=C(C#Cc1ccc2c(c1)OCO2)NCc1ncc(-c2ccccc2)o1. The minimum absolute atomic E-state index is 0.168. The fourth-order valence-corrected chi connectivity index (χ4v) is 2.43. The molecule has 1 aliphatic heterocycles. The maximum atomic E-state index is 11.9. The van der Waals surface area contributed by atoms with Crippen molar-refractivity contribution < 1.29 is 18.7 Å². The zero-order chi connectivity index (χ0) is 17.8. The fraction of sp³-hybridized carbons (Fsp3) is 0.100. The summed E-state index contributed by atoms with van der Waals surface area (Å²) in [6.45, 7) is 0.370. The van der Waals surface area contributed by atoms with Gasteiger partial charge in [0.1, 0.15) is 0 Å². The van der Waals surface area contributed by atoms with Crippen LogP contribution in [0.5, 0.6) is 11.5 Å². The molecule has 1 N–H and O–H groups in total. The molecule has 0 spiro atoms. The van der Waals surface area contributed by atoms with Gasteiger partial charge in [-0.2, -0.15) is 0 Å². The third-order valence-electron chi connectivity index (χ3n) is 3.70. The maximum Gasteiger partial charge on any atom is 0.296 e. The van der Waals surface area contributed by atoms with Crippen LogP contribution in [-0.4, -0.2) is 17.7 Å². The number of hydrogen-bond acceptors (Lipinski definition) is 5. The van der Waals surface area contributed by atoms with Crippen LogP contribution >= 0.6 is 0 Å². The number of ether oxygens (including phenoxy) is 2. The minimum atomic E-state index is -0.415. The average molecular weight is 346 g/mol. The molecule has 0 bridgehead atoms. The van der Waals surface area contributed by atoms with Crippen molar-refractivity contribution in [1.82, 2.24) is 10.3 Å². The van der Waals surface area contributed by atoms with E-state index in [0.717, 1.165) is 5.56 Å². The molecule has 0 fully saturated rings. The summed E-state index contributed by atoms with van der Waals surface area (Å²) >= 11 is 0. The lowest BCUT2D eigenvalue weighted by Gasteiger charge is -1.97. The quantitative estimate of drug-likeness (QED) is 0.738. The van der Waals surface area contributed by atoms with Crippen molar-refractivity contribution in [3.63, 3.8) is 0 Å². The van der Waals surface area contributed by atoms with Gasteiger partial charge in [0.05, 0.1) is 12.7 Å². The second-order valence-electron chi connectivity index (χ2n) is 5.48. The van der Waals surface area contributed by atoms with Crippen LogP contribution in [-0.2, 0) is 11.3 Å². The van der Waals surface area contributed by atoms with E-state index in [1.807, 2.05) is 30.3 Å². The molecule has 0 radical (unpaired) electrons. The highest BCUT2D eigenvalue weighted by molar-refractivity contribution is 5.94. The van der Waals surface area contributed by atoms with Crippen molar-refractivity contribution in [2.75, 3.05) is 6.79 Å². The first-order chi connectivity index (χ1) is 12.8. The van der Waals surface area contributed by atoms with Crippen molar-refractivity contribution >= 4 is 5.91 Å². The molecule has 1 amide bonds. The Kier molecular flexibility index (Phi) is 4.27. The van der Waals surface area contributed by atoms with Gasteiger partial charge in [-0.05, 0) is 18.2 Å². The molecule has 1 aromatic heterocycles. The van der Waals surface area contributed by atoms with E-state index in [1.165, 1.54) is 0 Å². The minimum Gasteiger partial charge on any atom is -0.454 e. The van der Waals surface area contributed by atoms with Gasteiger partial charge < -0.3 is 19.2 Å². The summed E-state index contributed by atoms with van der Waals surface area (Å²) in [6, 6.07) is 14.9. The summed E-state index contributed by atoms with van der Waals surface area (Å²) in [5.41, 5.74) is 1.60. The first-order valence-electron chi connectivity index (χ1n) is 7.97. The Morgan fingerprint density at radius 2 is 1.96 bits per heavy atom. The van der Waals surface area contributed by atoms with Crippen LogP contribution in [0.4, 0.5) is 0 Å². The van der Waals surface area contributed by atoms with Gasteiger partial charge in [0.25, 0.3) is 5.91 Å². The van der Waals surface area contributed by atoms with E-state index in [4.69, 9.17) is 13.9 Å². The Bertz CT molecular complexity index is 999. The Morgan fingerprint density at radius 1 is 1.12 bits per heavy atom. The van der Waals surface area contributed by atoms with E-state index in [2.05, 4.69) is 22.1 Å². The zero-order valence-corrected chi connectivity index (χ0v) is 13.7. The van der Waals surface area contributed by atoms with Crippen molar-refractivity contribution in [3.05, 3.63) is 66.2 Å². The number of nitrogens with one attached hydrogen (secondary N) is 1. The van der Waals surface area contributed by atoms with Gasteiger partial charge in [0.2, 0.25) is 12.7 Å². The lowest BCUT2D eigenvalue weighted by molar-refractivity contribution is -0.115. The van der Waals surface area contributed by atoms with E-state index in [1.54, 1.807) is 24.4 Å². The molecule has 2 aromatic carbocycles. The highest BCUT2D eigenvalue weighted by Crippen LogP contribution is 2.32. The van der Waals surface area contributed by atoms with Gasteiger partial charge in [0.15, 0.2) is 17.3 Å². The number of fused-ring (bicyclic) bond motifs is 1. The van der Waals surface area contributed by atoms with E-state index in [9.17, 15) is 4.79 Å². The van der Waals surface area contributed by atoms with Crippen LogP contribution in [0.1, 0.15) is 11.5 Å². The average Bonchev–Trinajstić information content (AvgIpc) is 3.34. The molecule has 3 aromatic rings. The third kappa shape index (κ3) is 3.52. The zero-order valence-electron chi connectivity index (χ0n) is 13.7. The first kappa shape index (κ1) is 15.8. The molecule has 0 aliphatic carbocycles. The summed E-state index contributed by atoms with van der Waals surface area (Å²) in [6.07, 6.45) is 1.63. The number of amides is 1. The number of rotatable bonds is 3. The number of oxazole rings is 1. The van der Waals surface area contributed by atoms with Gasteiger partial charge in [-0.1, -0.05) is 36.3 Å². The Labute approximate surface area is 149 Å². The van der Waals surface area contributed by atoms with Gasteiger partial charge in [-0.25, -0.2) is 4.98 Å². The maximum absolute atomic E-state index is 11.9. The summed E-state index contributed by atoms with van der Waals surface area (Å²) in [5, 5.41) is 2.66. The highest BCUT2D eigenvalue weighted by Gasteiger charge is 2.12. The highest BCUT2D eigenvalue weighted by atomic mass is 16.7. The van der Waals surface area contributed by atoms with Crippen LogP contribution in [0.25, 0.3) is 11.3 Å². The van der Waals surface area contributed by atoms with Crippen LogP contribution in [0.15, 0.2) is 59.1 Å². The van der Waals surface area contributed by atoms with E-state index >= 15 is 0 Å². The third-order valence-corrected chi connectivity index (χ3v) is 3.70. The predicted molar refractivity (Wildman–Crippen MR) is 93.2 cm³/mol. The molecule has 6 heteroatoms. The molecule has 128 valence electrons. The summed E-state index contributed by atoms with van der Waals surface area (Å²) in [4.78, 5) is 16.1. The Morgan fingerprint density at radius 3 is 2.85 bits per heavy atom. The molecular weight excluding hydrogens is 332 g/mol. The summed E-state index contributed by atoms with van der Waals surface area (Å²) < 4.78 is 16.1. The molecule has 0 unspecified atom stereocenters. The molecule has 2 heterocycles. The van der Waals surface area contributed by atoms with E-state index in [0.29, 0.717) is 28.7 Å². The number of aromatic nitrogens is 1. The van der Waals surface area contributed by atoms with Gasteiger partial charge in [-0.15, -0.1) is 0 Å². The number of benzene rings is 2. The lowest BCUT2D eigenvalue weighted by Crippen LogP contribution is -2.20. The summed E-state index contributed by atoms with van der Waals surface area (Å²) in [5.74, 6) is 7.29. The van der Waals surface area contributed by atoms with Crippen molar-refractivity contribution in [1.29, 1.82) is 0 Å². The largest absolute Gasteiger partial charge is 0.454 e. The first-order valence-corrected chi connectivity index (χ1v) is 7.97. The van der Waals surface area contributed by atoms with Gasteiger partial charge in [0, 0.05) is 17.0 Å². The standard InChI is InChI=1S/C20H14N2O4/c23-19(9-7-14-6-8-16-17(10-14)25-13-24-16)21-12-20-22-11-18(26-20)15-4-2-1-3-5-15/h1-6,8,10-11H,12-13H2,(H,21,23). The number of carbonyl (C=O) groups excluding carboxylic acids is 1. The van der Waals surface area contributed by atoms with Gasteiger partial charge >= 0.3 is 0 Å². The Balaban J connectivity index is 1.36. The normalized spacial score (nSPS) is 11.5. The molecular formula is C20H14N2O4. The Hall–Kier alpha value is -3.72. The molecule has 6 nitrogen and oxygen atoms in total.